The number of phenols is 1. The fraction of sp³-hybridized carbons (Fsp3) is 0.158. The Kier molecular flexibility index (Phi) is 4.43. The van der Waals surface area contributed by atoms with Gasteiger partial charge in [-0.3, -0.25) is 14.2 Å². The molecule has 140 valence electrons. The van der Waals surface area contributed by atoms with E-state index in [0.29, 0.717) is 5.56 Å². The van der Waals surface area contributed by atoms with E-state index in [1.165, 1.54) is 13.8 Å². The Morgan fingerprint density at radius 3 is 2.33 bits per heavy atom. The van der Waals surface area contributed by atoms with E-state index >= 15 is 0 Å². The second-order valence-electron chi connectivity index (χ2n) is 6.21. The van der Waals surface area contributed by atoms with Crippen molar-refractivity contribution in [2.45, 2.75) is 19.8 Å². The van der Waals surface area contributed by atoms with Crippen LogP contribution in [0, 0.1) is 24.4 Å². The molecular weight excluding hydrogens is 361 g/mol. The summed E-state index contributed by atoms with van der Waals surface area (Å²) in [5.74, 6) is -6.21. The Balaban J connectivity index is 2.33. The number of halogens is 3. The number of nitrogens with two attached hydrogens (primary N) is 1. The Morgan fingerprint density at radius 2 is 1.74 bits per heavy atom. The van der Waals surface area contributed by atoms with Gasteiger partial charge in [-0.05, 0) is 43.7 Å². The molecule has 0 aliphatic carbocycles. The van der Waals surface area contributed by atoms with Crippen LogP contribution in [0.5, 0.6) is 5.75 Å². The monoisotopic (exact) mass is 376 g/mol. The lowest BCUT2D eigenvalue weighted by Gasteiger charge is -2.10. The number of aromatic hydroxyl groups is 1. The molecule has 5 nitrogen and oxygen atoms in total. The molecule has 1 heterocycles. The normalized spacial score (nSPS) is 12.3. The zero-order valence-electron chi connectivity index (χ0n) is 14.4. The molecule has 3 rings (SSSR count). The van der Waals surface area contributed by atoms with Crippen molar-refractivity contribution < 1.29 is 27.9 Å². The smallest absolute Gasteiger partial charge is 0.262 e. The van der Waals surface area contributed by atoms with E-state index < -0.39 is 40.9 Å². The standard InChI is InChI=1S/C19H15F3N2O3/c1-8(18(23)26)17-9(2)24(15-7-14(22)16(25)6-11(15)17)19(27)10-3-4-12(20)13(21)5-10/h3-8,25H,1-2H3,(H2,23,26)/t8-/m0/s1. The van der Waals surface area contributed by atoms with Crippen molar-refractivity contribution in [2.75, 3.05) is 0 Å². The van der Waals surface area contributed by atoms with Gasteiger partial charge in [0.2, 0.25) is 5.91 Å². The second-order valence-corrected chi connectivity index (χ2v) is 6.21. The number of hydrogen-bond acceptors (Lipinski definition) is 3. The van der Waals surface area contributed by atoms with Gasteiger partial charge in [-0.15, -0.1) is 0 Å². The highest BCUT2D eigenvalue weighted by molar-refractivity contribution is 6.05. The third-order valence-corrected chi connectivity index (χ3v) is 4.55. The van der Waals surface area contributed by atoms with Crippen molar-refractivity contribution >= 4 is 22.7 Å². The maximum Gasteiger partial charge on any atom is 0.262 e. The Bertz CT molecular complexity index is 1110. The SMILES string of the molecule is Cc1c([C@H](C)C(N)=O)c2cc(O)c(F)cc2n1C(=O)c1ccc(F)c(F)c1. The van der Waals surface area contributed by atoms with Gasteiger partial charge in [0.1, 0.15) is 0 Å². The first-order valence-electron chi connectivity index (χ1n) is 7.96. The first-order chi connectivity index (χ1) is 12.6. The molecule has 3 aromatic rings. The van der Waals surface area contributed by atoms with Gasteiger partial charge < -0.3 is 10.8 Å². The molecule has 1 atom stereocenters. The zero-order chi connectivity index (χ0) is 20.0. The average Bonchev–Trinajstić information content (AvgIpc) is 2.87. The number of hydrogen-bond donors (Lipinski definition) is 2. The Morgan fingerprint density at radius 1 is 1.07 bits per heavy atom. The first kappa shape index (κ1) is 18.5. The molecule has 0 spiro atoms. The topological polar surface area (TPSA) is 85.3 Å². The van der Waals surface area contributed by atoms with Crippen LogP contribution in [0.3, 0.4) is 0 Å². The van der Waals surface area contributed by atoms with Gasteiger partial charge in [-0.1, -0.05) is 0 Å². The van der Waals surface area contributed by atoms with Gasteiger partial charge in [-0.2, -0.15) is 0 Å². The van der Waals surface area contributed by atoms with Gasteiger partial charge in [-0.25, -0.2) is 13.2 Å². The molecule has 2 aromatic carbocycles. The maximum absolute atomic E-state index is 13.9. The van der Waals surface area contributed by atoms with Crippen molar-refractivity contribution in [1.29, 1.82) is 0 Å². The zero-order valence-corrected chi connectivity index (χ0v) is 14.4. The van der Waals surface area contributed by atoms with Crippen LogP contribution in [0.15, 0.2) is 30.3 Å². The summed E-state index contributed by atoms with van der Waals surface area (Å²) in [5, 5.41) is 9.97. The van der Waals surface area contributed by atoms with Crippen LogP contribution in [0.4, 0.5) is 13.2 Å². The van der Waals surface area contributed by atoms with Crippen LogP contribution < -0.4 is 5.73 Å². The lowest BCUT2D eigenvalue weighted by molar-refractivity contribution is -0.119. The fourth-order valence-corrected chi connectivity index (χ4v) is 3.16. The van der Waals surface area contributed by atoms with E-state index in [1.807, 2.05) is 0 Å². The highest BCUT2D eigenvalue weighted by Gasteiger charge is 2.27. The molecule has 0 aliphatic rings. The van der Waals surface area contributed by atoms with E-state index in [-0.39, 0.29) is 22.2 Å². The number of rotatable bonds is 3. The van der Waals surface area contributed by atoms with E-state index in [1.54, 1.807) is 0 Å². The molecule has 8 heteroatoms. The summed E-state index contributed by atoms with van der Waals surface area (Å²) in [6, 6.07) is 4.67. The molecule has 1 aromatic heterocycles. The van der Waals surface area contributed by atoms with Crippen LogP contribution in [0.1, 0.15) is 34.5 Å². The summed E-state index contributed by atoms with van der Waals surface area (Å²) in [5.41, 5.74) is 5.88. The Hall–Kier alpha value is -3.29. The second kappa shape index (κ2) is 6.46. The predicted octanol–water partition coefficient (Wildman–Crippen LogP) is 3.35. The number of aromatic nitrogens is 1. The van der Waals surface area contributed by atoms with Gasteiger partial charge in [0.25, 0.3) is 5.91 Å². The van der Waals surface area contributed by atoms with Gasteiger partial charge in [0.15, 0.2) is 23.2 Å². The van der Waals surface area contributed by atoms with Crippen molar-refractivity contribution in [3.05, 3.63) is 64.6 Å². The van der Waals surface area contributed by atoms with E-state index in [9.17, 15) is 27.9 Å². The molecule has 0 saturated carbocycles. The minimum Gasteiger partial charge on any atom is -0.505 e. The molecule has 0 fully saturated rings. The van der Waals surface area contributed by atoms with Crippen LogP contribution >= 0.6 is 0 Å². The summed E-state index contributed by atoms with van der Waals surface area (Å²) in [7, 11) is 0. The quantitative estimate of drug-likeness (QED) is 0.735. The number of carbonyl (C=O) groups is 2. The molecule has 27 heavy (non-hydrogen) atoms. The van der Waals surface area contributed by atoms with E-state index in [2.05, 4.69) is 0 Å². The first-order valence-corrected chi connectivity index (χ1v) is 7.96. The van der Waals surface area contributed by atoms with Gasteiger partial charge in [0.05, 0.1) is 11.4 Å². The molecule has 0 saturated heterocycles. The highest BCUT2D eigenvalue weighted by Crippen LogP contribution is 2.35. The summed E-state index contributed by atoms with van der Waals surface area (Å²) >= 11 is 0. The summed E-state index contributed by atoms with van der Waals surface area (Å²) < 4.78 is 41.7. The minimum atomic E-state index is -1.20. The molecule has 1 amide bonds. The lowest BCUT2D eigenvalue weighted by atomic mass is 9.97. The largest absolute Gasteiger partial charge is 0.505 e. The van der Waals surface area contributed by atoms with E-state index in [4.69, 9.17) is 5.73 Å². The summed E-state index contributed by atoms with van der Waals surface area (Å²) in [6.45, 7) is 3.03. The number of phenolic OH excluding ortho intramolecular Hbond substituents is 1. The van der Waals surface area contributed by atoms with Crippen molar-refractivity contribution in [3.63, 3.8) is 0 Å². The number of fused-ring (bicyclic) bond motifs is 1. The third-order valence-electron chi connectivity index (χ3n) is 4.55. The third kappa shape index (κ3) is 2.92. The Labute approximate surface area is 151 Å². The maximum atomic E-state index is 13.9. The molecule has 0 unspecified atom stereocenters. The number of primary amides is 1. The predicted molar refractivity (Wildman–Crippen MR) is 92.0 cm³/mol. The van der Waals surface area contributed by atoms with Crippen LogP contribution in [-0.2, 0) is 4.79 Å². The van der Waals surface area contributed by atoms with Crippen LogP contribution in [0.2, 0.25) is 0 Å². The van der Waals surface area contributed by atoms with Gasteiger partial charge >= 0.3 is 0 Å². The van der Waals surface area contributed by atoms with Crippen LogP contribution in [-0.4, -0.2) is 21.5 Å². The number of amides is 1. The van der Waals surface area contributed by atoms with Crippen molar-refractivity contribution in [3.8, 4) is 5.75 Å². The number of carbonyl (C=O) groups excluding carboxylic acids is 2. The summed E-state index contributed by atoms with van der Waals surface area (Å²) in [6.07, 6.45) is 0. The van der Waals surface area contributed by atoms with E-state index in [0.717, 1.165) is 34.9 Å². The number of nitrogens with zero attached hydrogens (tertiary/aromatic N) is 1. The number of benzene rings is 2. The average molecular weight is 376 g/mol. The fourth-order valence-electron chi connectivity index (χ4n) is 3.16. The van der Waals surface area contributed by atoms with Crippen LogP contribution in [0.25, 0.3) is 10.9 Å². The summed E-state index contributed by atoms with van der Waals surface area (Å²) in [4.78, 5) is 24.6. The molecular formula is C19H15F3N2O3. The molecule has 3 N–H and O–H groups in total. The molecule has 0 bridgehead atoms. The molecule has 0 radical (unpaired) electrons. The molecule has 0 aliphatic heterocycles. The van der Waals surface area contributed by atoms with Gasteiger partial charge in [0, 0.05) is 22.7 Å². The highest BCUT2D eigenvalue weighted by atomic mass is 19.2. The minimum absolute atomic E-state index is 0.0700. The van der Waals surface area contributed by atoms with Crippen molar-refractivity contribution in [1.82, 2.24) is 4.57 Å². The lowest BCUT2D eigenvalue weighted by Crippen LogP contribution is -2.20. The van der Waals surface area contributed by atoms with Crippen molar-refractivity contribution in [2.24, 2.45) is 5.73 Å².